The van der Waals surface area contributed by atoms with Crippen molar-refractivity contribution in [3.05, 3.63) is 24.0 Å². The topological polar surface area (TPSA) is 43.4 Å². The van der Waals surface area contributed by atoms with Gasteiger partial charge in [0.2, 0.25) is 0 Å². The minimum absolute atomic E-state index is 0.102. The molecule has 0 saturated carbocycles. The summed E-state index contributed by atoms with van der Waals surface area (Å²) in [5.41, 5.74) is 0.845. The maximum Gasteiger partial charge on any atom is 0.137 e. The number of hydrogen-bond acceptors (Lipinski definition) is 4. The first kappa shape index (κ1) is 16.9. The molecule has 0 aliphatic rings. The van der Waals surface area contributed by atoms with E-state index < -0.39 is 0 Å². The fourth-order valence-electron chi connectivity index (χ4n) is 2.28. The first-order valence-electron chi connectivity index (χ1n) is 7.47. The predicted octanol–water partition coefficient (Wildman–Crippen LogP) is 3.34. The van der Waals surface area contributed by atoms with Crippen LogP contribution in [0.3, 0.4) is 0 Å². The summed E-state index contributed by atoms with van der Waals surface area (Å²) in [6.07, 6.45) is 5.64. The lowest BCUT2D eigenvalue weighted by Crippen LogP contribution is -2.43. The third-order valence-electron chi connectivity index (χ3n) is 3.76. The molecular formula is C16H28N2O2. The SMILES string of the molecule is CCCNC(c1cncc(OCC)c1)C(C)(CC)OC. The molecule has 0 amide bonds. The highest BCUT2D eigenvalue weighted by Crippen LogP contribution is 2.32. The van der Waals surface area contributed by atoms with Gasteiger partial charge < -0.3 is 14.8 Å². The highest BCUT2D eigenvalue weighted by Gasteiger charge is 2.33. The number of hydrogen-bond donors (Lipinski definition) is 1. The van der Waals surface area contributed by atoms with Gasteiger partial charge in [0, 0.05) is 13.3 Å². The number of ether oxygens (including phenoxy) is 2. The zero-order chi connectivity index (χ0) is 15.0. The summed E-state index contributed by atoms with van der Waals surface area (Å²) in [5, 5.41) is 3.58. The molecule has 2 atom stereocenters. The lowest BCUT2D eigenvalue weighted by molar-refractivity contribution is -0.0300. The average Bonchev–Trinajstić information content (AvgIpc) is 2.48. The molecule has 0 radical (unpaired) electrons. The number of rotatable bonds is 9. The maximum atomic E-state index is 5.77. The van der Waals surface area contributed by atoms with Crippen LogP contribution in [0, 0.1) is 0 Å². The summed E-state index contributed by atoms with van der Waals surface area (Å²) in [6, 6.07) is 2.15. The lowest BCUT2D eigenvalue weighted by Gasteiger charge is -2.36. The van der Waals surface area contributed by atoms with E-state index >= 15 is 0 Å². The first-order valence-corrected chi connectivity index (χ1v) is 7.47. The van der Waals surface area contributed by atoms with Gasteiger partial charge in [-0.3, -0.25) is 4.98 Å². The molecule has 4 heteroatoms. The summed E-state index contributed by atoms with van der Waals surface area (Å²) >= 11 is 0. The number of methoxy groups -OCH3 is 1. The summed E-state index contributed by atoms with van der Waals surface area (Å²) in [4.78, 5) is 4.29. The Balaban J connectivity index is 3.06. The van der Waals surface area contributed by atoms with Gasteiger partial charge in [0.25, 0.3) is 0 Å². The molecular weight excluding hydrogens is 252 g/mol. The van der Waals surface area contributed by atoms with Gasteiger partial charge in [-0.25, -0.2) is 0 Å². The van der Waals surface area contributed by atoms with Gasteiger partial charge in [0.1, 0.15) is 5.75 Å². The molecule has 0 spiro atoms. The van der Waals surface area contributed by atoms with E-state index in [1.807, 2.05) is 13.1 Å². The van der Waals surface area contributed by atoms with Crippen LogP contribution < -0.4 is 10.1 Å². The Morgan fingerprint density at radius 3 is 2.60 bits per heavy atom. The van der Waals surface area contributed by atoms with Gasteiger partial charge in [-0.05, 0) is 44.9 Å². The fraction of sp³-hybridized carbons (Fsp3) is 0.688. The van der Waals surface area contributed by atoms with Gasteiger partial charge in [-0.15, -0.1) is 0 Å². The molecule has 4 nitrogen and oxygen atoms in total. The third-order valence-corrected chi connectivity index (χ3v) is 3.76. The van der Waals surface area contributed by atoms with E-state index in [-0.39, 0.29) is 11.6 Å². The molecule has 2 unspecified atom stereocenters. The monoisotopic (exact) mass is 280 g/mol. The Morgan fingerprint density at radius 2 is 2.05 bits per heavy atom. The molecule has 0 bridgehead atoms. The maximum absolute atomic E-state index is 5.77. The van der Waals surface area contributed by atoms with Gasteiger partial charge in [-0.1, -0.05) is 13.8 Å². The van der Waals surface area contributed by atoms with Crippen LogP contribution in [0.5, 0.6) is 5.75 Å². The third kappa shape index (κ3) is 4.18. The van der Waals surface area contributed by atoms with Gasteiger partial charge in [-0.2, -0.15) is 0 Å². The molecule has 0 saturated heterocycles. The highest BCUT2D eigenvalue weighted by atomic mass is 16.5. The van der Waals surface area contributed by atoms with E-state index in [2.05, 4.69) is 37.1 Å². The molecule has 1 rings (SSSR count). The molecule has 1 aromatic heterocycles. The Morgan fingerprint density at radius 1 is 1.30 bits per heavy atom. The molecule has 1 heterocycles. The van der Waals surface area contributed by atoms with E-state index in [0.29, 0.717) is 6.61 Å². The van der Waals surface area contributed by atoms with Crippen molar-refractivity contribution in [1.29, 1.82) is 0 Å². The van der Waals surface area contributed by atoms with Crippen molar-refractivity contribution >= 4 is 0 Å². The number of aromatic nitrogens is 1. The zero-order valence-corrected chi connectivity index (χ0v) is 13.4. The Hall–Kier alpha value is -1.13. The molecule has 0 aliphatic heterocycles. The molecule has 0 aliphatic carbocycles. The quantitative estimate of drug-likeness (QED) is 0.753. The van der Waals surface area contributed by atoms with E-state index in [4.69, 9.17) is 9.47 Å². The normalized spacial score (nSPS) is 15.7. The van der Waals surface area contributed by atoms with E-state index in [9.17, 15) is 0 Å². The highest BCUT2D eigenvalue weighted by molar-refractivity contribution is 5.28. The molecule has 20 heavy (non-hydrogen) atoms. The van der Waals surface area contributed by atoms with Crippen LogP contribution in [0.4, 0.5) is 0 Å². The average molecular weight is 280 g/mol. The second-order valence-electron chi connectivity index (χ2n) is 5.14. The summed E-state index contributed by atoms with van der Waals surface area (Å²) in [5.74, 6) is 0.808. The molecule has 1 aromatic rings. The molecule has 0 aromatic carbocycles. The number of pyridine rings is 1. The Labute approximate surface area is 122 Å². The van der Waals surface area contributed by atoms with E-state index in [0.717, 1.165) is 30.7 Å². The van der Waals surface area contributed by atoms with Crippen LogP contribution in [0.2, 0.25) is 0 Å². The van der Waals surface area contributed by atoms with E-state index in [1.54, 1.807) is 13.3 Å². The lowest BCUT2D eigenvalue weighted by atomic mass is 9.88. The minimum Gasteiger partial charge on any atom is -0.492 e. The van der Waals surface area contributed by atoms with Crippen LogP contribution in [-0.4, -0.2) is 30.8 Å². The molecule has 0 fully saturated rings. The van der Waals surface area contributed by atoms with Crippen molar-refractivity contribution in [3.63, 3.8) is 0 Å². The fourth-order valence-corrected chi connectivity index (χ4v) is 2.28. The minimum atomic E-state index is -0.262. The first-order chi connectivity index (χ1) is 9.61. The van der Waals surface area contributed by atoms with Gasteiger partial charge >= 0.3 is 0 Å². The van der Waals surface area contributed by atoms with Crippen molar-refractivity contribution in [2.75, 3.05) is 20.3 Å². The summed E-state index contributed by atoms with van der Waals surface area (Å²) < 4.78 is 11.3. The van der Waals surface area contributed by atoms with Crippen LogP contribution in [0.15, 0.2) is 18.5 Å². The Kier molecular flexibility index (Phi) is 6.96. The second kappa shape index (κ2) is 8.22. The summed E-state index contributed by atoms with van der Waals surface area (Å²) in [6.45, 7) is 10.0. The van der Waals surface area contributed by atoms with Gasteiger partial charge in [0.05, 0.1) is 24.4 Å². The van der Waals surface area contributed by atoms with Crippen LogP contribution in [-0.2, 0) is 4.74 Å². The van der Waals surface area contributed by atoms with Gasteiger partial charge in [0.15, 0.2) is 0 Å². The van der Waals surface area contributed by atoms with Crippen LogP contribution in [0.25, 0.3) is 0 Å². The Bertz CT molecular complexity index is 392. The van der Waals surface area contributed by atoms with Crippen LogP contribution in [0.1, 0.15) is 52.1 Å². The summed E-state index contributed by atoms with van der Waals surface area (Å²) in [7, 11) is 1.77. The van der Waals surface area contributed by atoms with Crippen molar-refractivity contribution in [2.45, 2.75) is 52.2 Å². The molecule has 114 valence electrons. The zero-order valence-electron chi connectivity index (χ0n) is 13.4. The predicted molar refractivity (Wildman–Crippen MR) is 82.1 cm³/mol. The molecule has 1 N–H and O–H groups in total. The van der Waals surface area contributed by atoms with Crippen molar-refractivity contribution in [1.82, 2.24) is 10.3 Å². The number of nitrogens with zero attached hydrogens (tertiary/aromatic N) is 1. The number of nitrogens with one attached hydrogen (secondary N) is 1. The van der Waals surface area contributed by atoms with Crippen LogP contribution >= 0.6 is 0 Å². The second-order valence-corrected chi connectivity index (χ2v) is 5.14. The van der Waals surface area contributed by atoms with Crippen molar-refractivity contribution in [3.8, 4) is 5.75 Å². The van der Waals surface area contributed by atoms with E-state index in [1.165, 1.54) is 0 Å². The largest absolute Gasteiger partial charge is 0.492 e. The van der Waals surface area contributed by atoms with Crippen molar-refractivity contribution < 1.29 is 9.47 Å². The standard InChI is InChI=1S/C16H28N2O2/c1-6-9-18-15(16(4,7-2)19-5)13-10-14(20-8-3)12-17-11-13/h10-12,15,18H,6-9H2,1-5H3. The van der Waals surface area contributed by atoms with Crippen molar-refractivity contribution in [2.24, 2.45) is 0 Å². The smallest absolute Gasteiger partial charge is 0.137 e.